The summed E-state index contributed by atoms with van der Waals surface area (Å²) in [6.45, 7) is 4.08. The largest absolute Gasteiger partial charge is 0.455 e. The molecule has 1 aliphatic carbocycles. The summed E-state index contributed by atoms with van der Waals surface area (Å²) in [5.41, 5.74) is 0. The second kappa shape index (κ2) is 12.2. The van der Waals surface area contributed by atoms with Gasteiger partial charge in [0.15, 0.2) is 5.76 Å². The van der Waals surface area contributed by atoms with Gasteiger partial charge in [0.1, 0.15) is 11.8 Å². The zero-order chi connectivity index (χ0) is 24.7. The third-order valence-corrected chi connectivity index (χ3v) is 8.63. The number of carbonyl (C=O) groups excluding carboxylic acids is 2. The lowest BCUT2D eigenvalue weighted by Gasteiger charge is -2.32. The van der Waals surface area contributed by atoms with Crippen LogP contribution < -0.4 is 5.32 Å². The van der Waals surface area contributed by atoms with Crippen LogP contribution in [0.1, 0.15) is 64.2 Å². The van der Waals surface area contributed by atoms with Gasteiger partial charge in [-0.2, -0.15) is 0 Å². The number of amides is 2. The van der Waals surface area contributed by atoms with E-state index in [9.17, 15) is 9.59 Å². The van der Waals surface area contributed by atoms with Gasteiger partial charge in [0.05, 0.1) is 26.3 Å². The van der Waals surface area contributed by atoms with E-state index in [1.807, 2.05) is 41.1 Å². The lowest BCUT2D eigenvalue weighted by Crippen LogP contribution is -2.46. The van der Waals surface area contributed by atoms with Gasteiger partial charge >= 0.3 is 0 Å². The lowest BCUT2D eigenvalue weighted by molar-refractivity contribution is -0.127. The second-order valence-corrected chi connectivity index (χ2v) is 11.4. The average molecular weight is 528 g/mol. The maximum Gasteiger partial charge on any atom is 0.290 e. The van der Waals surface area contributed by atoms with E-state index in [1.54, 1.807) is 22.3 Å². The summed E-state index contributed by atoms with van der Waals surface area (Å²) in [5, 5.41) is 7.21. The number of rotatable bonds is 9. The maximum atomic E-state index is 13.9. The molecule has 1 saturated heterocycles. The number of thiophene rings is 2. The molecule has 1 atom stereocenters. The van der Waals surface area contributed by atoms with Gasteiger partial charge in [-0.3, -0.25) is 14.5 Å². The van der Waals surface area contributed by atoms with Crippen LogP contribution in [0.15, 0.2) is 51.6 Å². The first-order valence-electron chi connectivity index (χ1n) is 12.7. The molecule has 3 aromatic rings. The van der Waals surface area contributed by atoms with E-state index >= 15 is 0 Å². The van der Waals surface area contributed by atoms with Crippen LogP contribution >= 0.6 is 22.7 Å². The molecular weight excluding hydrogens is 494 g/mol. The SMILES string of the molecule is O=C(NC1CCCCC1)[C@H](c1cccs1)N(Cc1cccs1)C(=O)c1ccc(CN2CCOCC2)o1. The first-order valence-corrected chi connectivity index (χ1v) is 14.5. The zero-order valence-corrected chi connectivity index (χ0v) is 22.0. The maximum absolute atomic E-state index is 13.9. The molecule has 2 aliphatic rings. The number of morpholine rings is 1. The number of nitrogens with zero attached hydrogens (tertiary/aromatic N) is 2. The van der Waals surface area contributed by atoms with Gasteiger partial charge in [0, 0.05) is 28.9 Å². The second-order valence-electron chi connectivity index (χ2n) is 9.43. The van der Waals surface area contributed by atoms with E-state index in [-0.39, 0.29) is 23.6 Å². The van der Waals surface area contributed by atoms with Crippen molar-refractivity contribution in [3.63, 3.8) is 0 Å². The Kier molecular flexibility index (Phi) is 8.53. The van der Waals surface area contributed by atoms with Crippen LogP contribution in [0.5, 0.6) is 0 Å². The summed E-state index contributed by atoms with van der Waals surface area (Å²) in [5.74, 6) is 0.626. The van der Waals surface area contributed by atoms with Crippen molar-refractivity contribution in [2.75, 3.05) is 26.3 Å². The summed E-state index contributed by atoms with van der Waals surface area (Å²) in [6.07, 6.45) is 5.46. The monoisotopic (exact) mass is 527 g/mol. The number of ether oxygens (including phenoxy) is 1. The molecular formula is C27H33N3O4S2. The fraction of sp³-hybridized carbons (Fsp3) is 0.481. The zero-order valence-electron chi connectivity index (χ0n) is 20.4. The molecule has 7 nitrogen and oxygen atoms in total. The molecule has 1 aliphatic heterocycles. The smallest absolute Gasteiger partial charge is 0.290 e. The Morgan fingerprint density at radius 3 is 2.53 bits per heavy atom. The Labute approximate surface area is 220 Å². The number of carbonyl (C=O) groups is 2. The van der Waals surface area contributed by atoms with Gasteiger partial charge in [-0.05, 0) is 47.9 Å². The minimum Gasteiger partial charge on any atom is -0.455 e. The normalized spacial score (nSPS) is 18.1. The molecule has 3 aromatic heterocycles. The molecule has 5 rings (SSSR count). The van der Waals surface area contributed by atoms with E-state index in [0.717, 1.165) is 54.3 Å². The fourth-order valence-corrected chi connectivity index (χ4v) is 6.49. The Hall–Kier alpha value is -2.46. The van der Waals surface area contributed by atoms with Crippen molar-refractivity contribution in [2.45, 2.75) is 57.3 Å². The molecule has 2 fully saturated rings. The molecule has 0 spiro atoms. The van der Waals surface area contributed by atoms with Crippen molar-refractivity contribution >= 4 is 34.5 Å². The summed E-state index contributed by atoms with van der Waals surface area (Å²) < 4.78 is 11.5. The molecule has 0 aromatic carbocycles. The van der Waals surface area contributed by atoms with Crippen LogP contribution in [0.25, 0.3) is 0 Å². The van der Waals surface area contributed by atoms with E-state index in [4.69, 9.17) is 9.15 Å². The molecule has 4 heterocycles. The molecule has 192 valence electrons. The van der Waals surface area contributed by atoms with Crippen molar-refractivity contribution in [1.82, 2.24) is 15.1 Å². The van der Waals surface area contributed by atoms with Crippen molar-refractivity contribution in [1.29, 1.82) is 0 Å². The molecule has 2 amide bonds. The highest BCUT2D eigenvalue weighted by atomic mass is 32.1. The van der Waals surface area contributed by atoms with Gasteiger partial charge in [-0.25, -0.2) is 0 Å². The molecule has 36 heavy (non-hydrogen) atoms. The predicted octanol–water partition coefficient (Wildman–Crippen LogP) is 5.07. The minimum absolute atomic E-state index is 0.116. The average Bonchev–Trinajstić information content (AvgIpc) is 3.68. The van der Waals surface area contributed by atoms with E-state index in [2.05, 4.69) is 10.2 Å². The third kappa shape index (κ3) is 6.26. The highest BCUT2D eigenvalue weighted by Crippen LogP contribution is 2.31. The van der Waals surface area contributed by atoms with Crippen molar-refractivity contribution < 1.29 is 18.7 Å². The lowest BCUT2D eigenvalue weighted by atomic mass is 9.95. The predicted molar refractivity (Wildman–Crippen MR) is 141 cm³/mol. The van der Waals surface area contributed by atoms with Crippen LogP contribution in [-0.4, -0.2) is 54.0 Å². The van der Waals surface area contributed by atoms with E-state index in [0.29, 0.717) is 26.3 Å². The van der Waals surface area contributed by atoms with Gasteiger partial charge in [0.25, 0.3) is 5.91 Å². The highest BCUT2D eigenvalue weighted by Gasteiger charge is 2.35. The Morgan fingerprint density at radius 2 is 1.81 bits per heavy atom. The van der Waals surface area contributed by atoms with Crippen LogP contribution in [0.4, 0.5) is 0 Å². The summed E-state index contributed by atoms with van der Waals surface area (Å²) in [7, 11) is 0. The molecule has 1 saturated carbocycles. The Bertz CT molecular complexity index is 1100. The van der Waals surface area contributed by atoms with Crippen LogP contribution in [0.2, 0.25) is 0 Å². The van der Waals surface area contributed by atoms with Crippen molar-refractivity contribution in [3.05, 3.63) is 68.4 Å². The minimum atomic E-state index is -0.714. The Balaban J connectivity index is 1.40. The number of hydrogen-bond acceptors (Lipinski definition) is 7. The van der Waals surface area contributed by atoms with Gasteiger partial charge in [-0.1, -0.05) is 31.4 Å². The first kappa shape index (κ1) is 25.2. The quantitative estimate of drug-likeness (QED) is 0.421. The summed E-state index contributed by atoms with van der Waals surface area (Å²) >= 11 is 3.09. The topological polar surface area (TPSA) is 75.0 Å². The van der Waals surface area contributed by atoms with Crippen molar-refractivity contribution in [3.8, 4) is 0 Å². The highest BCUT2D eigenvalue weighted by molar-refractivity contribution is 7.10. The van der Waals surface area contributed by atoms with Gasteiger partial charge < -0.3 is 19.4 Å². The standard InChI is InChI=1S/C27H33N3O4S2/c31-26(28-20-6-2-1-3-7-20)25(24-9-5-17-36-24)30(19-22-8-4-16-35-22)27(32)23-11-10-21(34-23)18-29-12-14-33-15-13-29/h4-5,8-11,16-17,20,25H,1-3,6-7,12-15,18-19H2,(H,28,31)/t25-/m0/s1. The number of nitrogens with one attached hydrogen (secondary N) is 1. The van der Waals surface area contributed by atoms with Gasteiger partial charge in [-0.15, -0.1) is 22.7 Å². The summed E-state index contributed by atoms with van der Waals surface area (Å²) in [4.78, 5) is 33.5. The molecule has 1 N–H and O–H groups in total. The van der Waals surface area contributed by atoms with Gasteiger partial charge in [0.2, 0.25) is 5.91 Å². The first-order chi connectivity index (χ1) is 17.7. The molecule has 0 unspecified atom stereocenters. The van der Waals surface area contributed by atoms with Crippen molar-refractivity contribution in [2.24, 2.45) is 0 Å². The number of furan rings is 1. The van der Waals surface area contributed by atoms with E-state index in [1.165, 1.54) is 17.8 Å². The third-order valence-electron chi connectivity index (χ3n) is 6.85. The van der Waals surface area contributed by atoms with E-state index < -0.39 is 6.04 Å². The fourth-order valence-electron chi connectivity index (χ4n) is 4.95. The Morgan fingerprint density at radius 1 is 1.03 bits per heavy atom. The molecule has 0 radical (unpaired) electrons. The number of hydrogen-bond donors (Lipinski definition) is 1. The summed E-state index contributed by atoms with van der Waals surface area (Å²) in [6, 6.07) is 10.9. The van der Waals surface area contributed by atoms with Crippen LogP contribution in [0, 0.1) is 0 Å². The molecule has 0 bridgehead atoms. The van der Waals surface area contributed by atoms with Crippen LogP contribution in [-0.2, 0) is 22.6 Å². The molecule has 9 heteroatoms. The van der Waals surface area contributed by atoms with Crippen LogP contribution in [0.3, 0.4) is 0 Å².